The smallest absolute Gasteiger partial charge is 0.339 e. The predicted octanol–water partition coefficient (Wildman–Crippen LogP) is 7.56. The van der Waals surface area contributed by atoms with Gasteiger partial charge in [0, 0.05) is 29.9 Å². The number of ether oxygens (including phenoxy) is 1. The molecule has 6 rings (SSSR count). The number of carbonyl (C=O) groups is 2. The van der Waals surface area contributed by atoms with Crippen LogP contribution in [0.15, 0.2) is 96.1 Å². The molecule has 2 heterocycles. The first-order valence-electron chi connectivity index (χ1n) is 15.2. The number of carbonyl (C=O) groups excluding carboxylic acids is 2. The molecule has 44 heavy (non-hydrogen) atoms. The molecule has 7 nitrogen and oxygen atoms in total. The number of hydrogen-bond donors (Lipinski definition) is 1. The molecular formula is C37H36N4O3. The van der Waals surface area contributed by atoms with Gasteiger partial charge in [0.2, 0.25) is 5.91 Å². The van der Waals surface area contributed by atoms with E-state index in [4.69, 9.17) is 9.72 Å². The molecule has 1 amide bonds. The summed E-state index contributed by atoms with van der Waals surface area (Å²) in [5.74, 6) is 0.550. The lowest BCUT2D eigenvalue weighted by Crippen LogP contribution is -2.32. The van der Waals surface area contributed by atoms with E-state index >= 15 is 0 Å². The fourth-order valence-electron chi connectivity index (χ4n) is 5.95. The number of unbranched alkanes of at least 4 members (excludes halogenated alkanes) is 1. The number of nitrogens with zero attached hydrogens (tertiary/aromatic N) is 3. The van der Waals surface area contributed by atoms with Crippen molar-refractivity contribution < 1.29 is 14.3 Å². The van der Waals surface area contributed by atoms with Crippen LogP contribution in [0, 0.1) is 12.8 Å². The number of rotatable bonds is 9. The second-order valence-electron chi connectivity index (χ2n) is 11.3. The van der Waals surface area contributed by atoms with E-state index in [-0.39, 0.29) is 24.4 Å². The quantitative estimate of drug-likeness (QED) is 0.181. The standard InChI is InChI=1S/C37H36N4O3/c1-4-5-19-33-38-36-25(3)27(35-24(2)22-34(42)39-40-35)20-21-32(36)41(33)31-18-12-11-16-29(31)28-15-9-10-17-30(28)37(43)44-23-26-13-7-6-8-14-26/h6-18,20-21,24H,4-5,19,22-23H2,1-3H3,(H,39,42). The molecule has 0 fully saturated rings. The average Bonchev–Trinajstić information content (AvgIpc) is 3.43. The highest BCUT2D eigenvalue weighted by atomic mass is 16.5. The summed E-state index contributed by atoms with van der Waals surface area (Å²) in [6, 6.07) is 29.7. The molecule has 1 atom stereocenters. The lowest BCUT2D eigenvalue weighted by Gasteiger charge is -2.21. The summed E-state index contributed by atoms with van der Waals surface area (Å²) in [6.45, 7) is 6.50. The number of benzene rings is 4. The molecular weight excluding hydrogens is 548 g/mol. The van der Waals surface area contributed by atoms with Gasteiger partial charge < -0.3 is 4.74 Å². The lowest BCUT2D eigenvalue weighted by atomic mass is 9.91. The minimum Gasteiger partial charge on any atom is -0.457 e. The van der Waals surface area contributed by atoms with Crippen molar-refractivity contribution in [3.8, 4) is 16.8 Å². The van der Waals surface area contributed by atoms with E-state index in [1.807, 2.05) is 73.7 Å². The van der Waals surface area contributed by atoms with E-state index in [2.05, 4.69) is 53.2 Å². The Morgan fingerprint density at radius 3 is 2.43 bits per heavy atom. The highest BCUT2D eigenvalue weighted by Gasteiger charge is 2.26. The largest absolute Gasteiger partial charge is 0.457 e. The first-order chi connectivity index (χ1) is 21.5. The van der Waals surface area contributed by atoms with Crippen LogP contribution in [-0.2, 0) is 22.6 Å². The molecule has 7 heteroatoms. The maximum Gasteiger partial charge on any atom is 0.339 e. The number of nitrogens with one attached hydrogen (secondary N) is 1. The molecule has 0 saturated heterocycles. The number of amides is 1. The van der Waals surface area contributed by atoms with Crippen molar-refractivity contribution in [1.29, 1.82) is 0 Å². The number of fused-ring (bicyclic) bond motifs is 1. The first-order valence-corrected chi connectivity index (χ1v) is 15.2. The van der Waals surface area contributed by atoms with E-state index in [1.165, 1.54) is 0 Å². The van der Waals surface area contributed by atoms with E-state index in [0.717, 1.165) is 75.3 Å². The predicted molar refractivity (Wildman–Crippen MR) is 174 cm³/mol. The summed E-state index contributed by atoms with van der Waals surface area (Å²) in [4.78, 5) is 30.5. The average molecular weight is 585 g/mol. The Kier molecular flexibility index (Phi) is 8.37. The lowest BCUT2D eigenvalue weighted by molar-refractivity contribution is -0.121. The van der Waals surface area contributed by atoms with Crippen LogP contribution in [0.3, 0.4) is 0 Å². The number of aromatic nitrogens is 2. The Balaban J connectivity index is 1.46. The first kappa shape index (κ1) is 29.1. The van der Waals surface area contributed by atoms with Gasteiger partial charge in [-0.25, -0.2) is 15.2 Å². The molecule has 0 aliphatic carbocycles. The van der Waals surface area contributed by atoms with Gasteiger partial charge in [-0.1, -0.05) is 93.1 Å². The minimum atomic E-state index is -0.365. The second kappa shape index (κ2) is 12.7. The van der Waals surface area contributed by atoms with Crippen LogP contribution in [0.4, 0.5) is 0 Å². The molecule has 0 bridgehead atoms. The third-order valence-corrected chi connectivity index (χ3v) is 8.23. The van der Waals surface area contributed by atoms with Gasteiger partial charge in [-0.3, -0.25) is 9.36 Å². The zero-order valence-corrected chi connectivity index (χ0v) is 25.3. The number of para-hydroxylation sites is 1. The third-order valence-electron chi connectivity index (χ3n) is 8.23. The third kappa shape index (κ3) is 5.65. The van der Waals surface area contributed by atoms with Crippen molar-refractivity contribution in [3.05, 3.63) is 119 Å². The molecule has 1 N–H and O–H groups in total. The van der Waals surface area contributed by atoms with Gasteiger partial charge in [0.15, 0.2) is 0 Å². The molecule has 1 aromatic heterocycles. The van der Waals surface area contributed by atoms with Crippen molar-refractivity contribution in [1.82, 2.24) is 15.0 Å². The highest BCUT2D eigenvalue weighted by Crippen LogP contribution is 2.35. The molecule has 0 radical (unpaired) electrons. The number of imidazole rings is 1. The zero-order valence-electron chi connectivity index (χ0n) is 25.3. The molecule has 1 aliphatic rings. The molecule has 1 aliphatic heterocycles. The van der Waals surface area contributed by atoms with Crippen molar-refractivity contribution in [2.45, 2.75) is 53.1 Å². The van der Waals surface area contributed by atoms with Crippen LogP contribution in [0.5, 0.6) is 0 Å². The van der Waals surface area contributed by atoms with Crippen LogP contribution in [0.2, 0.25) is 0 Å². The van der Waals surface area contributed by atoms with Gasteiger partial charge in [0.25, 0.3) is 0 Å². The molecule has 1 unspecified atom stereocenters. The van der Waals surface area contributed by atoms with Gasteiger partial charge >= 0.3 is 5.97 Å². The van der Waals surface area contributed by atoms with Gasteiger partial charge in [-0.05, 0) is 48.2 Å². The van der Waals surface area contributed by atoms with E-state index < -0.39 is 0 Å². The zero-order chi connectivity index (χ0) is 30.6. The van der Waals surface area contributed by atoms with Crippen molar-refractivity contribution >= 4 is 28.6 Å². The molecule has 5 aromatic rings. The maximum atomic E-state index is 13.4. The number of hydrogen-bond acceptors (Lipinski definition) is 5. The molecule has 0 saturated carbocycles. The number of hydrazone groups is 1. The van der Waals surface area contributed by atoms with Crippen LogP contribution in [0.1, 0.15) is 66.0 Å². The van der Waals surface area contributed by atoms with Crippen LogP contribution < -0.4 is 5.43 Å². The summed E-state index contributed by atoms with van der Waals surface area (Å²) < 4.78 is 7.99. The Morgan fingerprint density at radius 1 is 0.932 bits per heavy atom. The Bertz CT molecular complexity index is 1870. The van der Waals surface area contributed by atoms with Crippen molar-refractivity contribution in [2.24, 2.45) is 11.0 Å². The van der Waals surface area contributed by atoms with Gasteiger partial charge in [0.1, 0.15) is 12.4 Å². The van der Waals surface area contributed by atoms with E-state index in [0.29, 0.717) is 12.0 Å². The van der Waals surface area contributed by atoms with Crippen LogP contribution in [0.25, 0.3) is 27.8 Å². The fraction of sp³-hybridized carbons (Fsp3) is 0.243. The Labute approximate surface area is 257 Å². The summed E-state index contributed by atoms with van der Waals surface area (Å²) in [7, 11) is 0. The van der Waals surface area contributed by atoms with E-state index in [1.54, 1.807) is 0 Å². The van der Waals surface area contributed by atoms with Crippen LogP contribution in [-0.4, -0.2) is 27.1 Å². The Morgan fingerprint density at radius 2 is 1.66 bits per heavy atom. The number of aryl methyl sites for hydroxylation is 2. The number of esters is 1. The molecule has 0 spiro atoms. The summed E-state index contributed by atoms with van der Waals surface area (Å²) >= 11 is 0. The normalized spacial score (nSPS) is 14.8. The summed E-state index contributed by atoms with van der Waals surface area (Å²) in [5, 5.41) is 4.42. The van der Waals surface area contributed by atoms with Gasteiger partial charge in [0.05, 0.1) is 28.0 Å². The van der Waals surface area contributed by atoms with Crippen molar-refractivity contribution in [2.75, 3.05) is 0 Å². The van der Waals surface area contributed by atoms with E-state index in [9.17, 15) is 9.59 Å². The maximum absolute atomic E-state index is 13.4. The minimum absolute atomic E-state index is 0.0143. The van der Waals surface area contributed by atoms with Gasteiger partial charge in [-0.15, -0.1) is 0 Å². The fourth-order valence-corrected chi connectivity index (χ4v) is 5.95. The monoisotopic (exact) mass is 584 g/mol. The SMILES string of the molecule is CCCCc1nc2c(C)c(C3=NNC(=O)CC3C)ccc2n1-c1ccccc1-c1ccccc1C(=O)OCc1ccccc1. The Hall–Kier alpha value is -5.04. The van der Waals surface area contributed by atoms with Gasteiger partial charge in [-0.2, -0.15) is 5.10 Å². The summed E-state index contributed by atoms with van der Waals surface area (Å²) in [6.07, 6.45) is 3.25. The van der Waals surface area contributed by atoms with Crippen LogP contribution >= 0.6 is 0 Å². The molecule has 4 aromatic carbocycles. The second-order valence-corrected chi connectivity index (χ2v) is 11.3. The topological polar surface area (TPSA) is 85.6 Å². The highest BCUT2D eigenvalue weighted by molar-refractivity contribution is 6.09. The molecule has 222 valence electrons. The van der Waals surface area contributed by atoms with Crippen molar-refractivity contribution in [3.63, 3.8) is 0 Å². The summed E-state index contributed by atoms with van der Waals surface area (Å²) in [5.41, 5.74) is 11.6.